The summed E-state index contributed by atoms with van der Waals surface area (Å²) < 4.78 is 5.63. The summed E-state index contributed by atoms with van der Waals surface area (Å²) >= 11 is 0. The highest BCUT2D eigenvalue weighted by molar-refractivity contribution is 5.99. The van der Waals surface area contributed by atoms with Crippen molar-refractivity contribution in [3.8, 4) is 0 Å². The number of hydrogen-bond acceptors (Lipinski definition) is 2. The topological polar surface area (TPSA) is 29.6 Å². The molecule has 0 aromatic rings. The van der Waals surface area contributed by atoms with Crippen molar-refractivity contribution in [1.29, 1.82) is 0 Å². The first-order valence-corrected chi connectivity index (χ1v) is 4.27. The number of epoxide rings is 1. The van der Waals surface area contributed by atoms with Crippen LogP contribution in [-0.4, -0.2) is 17.0 Å². The number of rotatable bonds is 0. The van der Waals surface area contributed by atoms with E-state index in [2.05, 4.69) is 0 Å². The molecule has 2 aliphatic rings. The van der Waals surface area contributed by atoms with Crippen LogP contribution in [0.25, 0.3) is 0 Å². The largest absolute Gasteiger partial charge is 0.358 e. The Morgan fingerprint density at radius 3 is 1.92 bits per heavy atom. The van der Waals surface area contributed by atoms with E-state index in [1.165, 1.54) is 0 Å². The molecule has 0 amide bonds. The normalized spacial score (nSPS) is 40.8. The molecule has 1 spiro atoms. The lowest BCUT2D eigenvalue weighted by Gasteiger charge is -2.23. The third-order valence-electron chi connectivity index (χ3n) is 3.28. The van der Waals surface area contributed by atoms with Gasteiger partial charge in [-0.25, -0.2) is 0 Å². The molecule has 1 heterocycles. The van der Waals surface area contributed by atoms with Crippen molar-refractivity contribution in [3.05, 3.63) is 12.2 Å². The van der Waals surface area contributed by atoms with E-state index in [1.54, 1.807) is 6.08 Å². The Labute approximate surface area is 72.6 Å². The standard InChI is InChI=1S/C10H14O2/c1-8(2)7(11)5-6-10(8)9(3,4)12-10/h5-6H,1-4H3/t10-/m1/s1. The summed E-state index contributed by atoms with van der Waals surface area (Å²) in [6, 6.07) is 0. The number of carbonyl (C=O) groups excluding carboxylic acids is 1. The Bertz CT molecular complexity index is 286. The van der Waals surface area contributed by atoms with E-state index in [0.29, 0.717) is 0 Å². The van der Waals surface area contributed by atoms with E-state index in [1.807, 2.05) is 33.8 Å². The number of allylic oxidation sites excluding steroid dienone is 1. The number of ketones is 1. The molecular weight excluding hydrogens is 152 g/mol. The van der Waals surface area contributed by atoms with Gasteiger partial charge in [0.25, 0.3) is 0 Å². The van der Waals surface area contributed by atoms with Crippen LogP contribution in [0, 0.1) is 5.41 Å². The molecular formula is C10H14O2. The molecule has 1 atom stereocenters. The molecule has 0 aromatic heterocycles. The van der Waals surface area contributed by atoms with Crippen molar-refractivity contribution in [2.24, 2.45) is 5.41 Å². The molecule has 0 bridgehead atoms. The Balaban J connectivity index is 2.44. The lowest BCUT2D eigenvalue weighted by Crippen LogP contribution is -2.37. The van der Waals surface area contributed by atoms with Gasteiger partial charge in [-0.3, -0.25) is 4.79 Å². The molecule has 0 unspecified atom stereocenters. The highest BCUT2D eigenvalue weighted by Gasteiger charge is 2.73. The van der Waals surface area contributed by atoms with Crippen LogP contribution in [0.4, 0.5) is 0 Å². The molecule has 2 heteroatoms. The predicted molar refractivity (Wildman–Crippen MR) is 45.8 cm³/mol. The fourth-order valence-corrected chi connectivity index (χ4v) is 2.28. The molecule has 1 saturated heterocycles. The number of carbonyl (C=O) groups is 1. The van der Waals surface area contributed by atoms with Gasteiger partial charge in [0, 0.05) is 0 Å². The van der Waals surface area contributed by atoms with Gasteiger partial charge < -0.3 is 4.74 Å². The minimum absolute atomic E-state index is 0.167. The molecule has 0 aromatic carbocycles. The van der Waals surface area contributed by atoms with Crippen molar-refractivity contribution in [1.82, 2.24) is 0 Å². The molecule has 0 N–H and O–H groups in total. The maximum absolute atomic E-state index is 11.5. The smallest absolute Gasteiger partial charge is 0.164 e. The average Bonchev–Trinajstić information content (AvgIpc) is 2.42. The van der Waals surface area contributed by atoms with E-state index in [9.17, 15) is 4.79 Å². The van der Waals surface area contributed by atoms with Crippen LogP contribution in [-0.2, 0) is 9.53 Å². The lowest BCUT2D eigenvalue weighted by molar-refractivity contribution is -0.123. The highest BCUT2D eigenvalue weighted by Crippen LogP contribution is 2.61. The lowest BCUT2D eigenvalue weighted by atomic mass is 9.74. The van der Waals surface area contributed by atoms with Crippen molar-refractivity contribution in [2.45, 2.75) is 38.9 Å². The van der Waals surface area contributed by atoms with Crippen molar-refractivity contribution in [2.75, 3.05) is 0 Å². The third kappa shape index (κ3) is 0.589. The summed E-state index contributed by atoms with van der Waals surface area (Å²) in [5, 5.41) is 0. The molecule has 0 radical (unpaired) electrons. The fraction of sp³-hybridized carbons (Fsp3) is 0.700. The van der Waals surface area contributed by atoms with E-state index >= 15 is 0 Å². The van der Waals surface area contributed by atoms with Crippen LogP contribution in [0.3, 0.4) is 0 Å². The van der Waals surface area contributed by atoms with Gasteiger partial charge in [-0.15, -0.1) is 0 Å². The summed E-state index contributed by atoms with van der Waals surface area (Å²) in [7, 11) is 0. The zero-order valence-corrected chi connectivity index (χ0v) is 7.97. The van der Waals surface area contributed by atoms with Gasteiger partial charge >= 0.3 is 0 Å². The van der Waals surface area contributed by atoms with Crippen molar-refractivity contribution < 1.29 is 9.53 Å². The van der Waals surface area contributed by atoms with E-state index in [-0.39, 0.29) is 22.4 Å². The number of ether oxygens (including phenoxy) is 1. The van der Waals surface area contributed by atoms with Crippen LogP contribution in [0.2, 0.25) is 0 Å². The fourth-order valence-electron chi connectivity index (χ4n) is 2.28. The highest BCUT2D eigenvalue weighted by atomic mass is 16.6. The Morgan fingerprint density at radius 1 is 1.25 bits per heavy atom. The summed E-state index contributed by atoms with van der Waals surface area (Å²) in [5.41, 5.74) is -0.868. The van der Waals surface area contributed by atoms with Crippen molar-refractivity contribution >= 4 is 5.78 Å². The first-order chi connectivity index (χ1) is 5.33. The van der Waals surface area contributed by atoms with E-state index in [4.69, 9.17) is 4.74 Å². The van der Waals surface area contributed by atoms with Gasteiger partial charge in [-0.1, -0.05) is 0 Å². The SMILES string of the molecule is CC1(C)O[C@@]12C=CC(=O)C2(C)C. The maximum Gasteiger partial charge on any atom is 0.164 e. The summed E-state index contributed by atoms with van der Waals surface area (Å²) in [4.78, 5) is 11.5. The Hall–Kier alpha value is -0.630. The monoisotopic (exact) mass is 166 g/mol. The quantitative estimate of drug-likeness (QED) is 0.512. The van der Waals surface area contributed by atoms with E-state index in [0.717, 1.165) is 0 Å². The third-order valence-corrected chi connectivity index (χ3v) is 3.28. The summed E-state index contributed by atoms with van der Waals surface area (Å²) in [6.45, 7) is 7.95. The zero-order valence-electron chi connectivity index (χ0n) is 7.97. The maximum atomic E-state index is 11.5. The van der Waals surface area contributed by atoms with Crippen LogP contribution in [0.15, 0.2) is 12.2 Å². The second kappa shape index (κ2) is 1.67. The number of hydrogen-bond donors (Lipinski definition) is 0. The van der Waals surface area contributed by atoms with Gasteiger partial charge in [0.15, 0.2) is 5.78 Å². The summed E-state index contributed by atoms with van der Waals surface area (Å²) in [5.74, 6) is 0.174. The predicted octanol–water partition coefficient (Wildman–Crippen LogP) is 1.70. The molecule has 2 rings (SSSR count). The first kappa shape index (κ1) is 7.99. The Kier molecular flexibility index (Phi) is 1.11. The first-order valence-electron chi connectivity index (χ1n) is 4.27. The second-order valence-corrected chi connectivity index (χ2v) is 4.67. The molecule has 1 aliphatic carbocycles. The van der Waals surface area contributed by atoms with Crippen LogP contribution in [0.1, 0.15) is 27.7 Å². The molecule has 1 aliphatic heterocycles. The molecule has 1 fully saturated rings. The van der Waals surface area contributed by atoms with Crippen LogP contribution in [0.5, 0.6) is 0 Å². The van der Waals surface area contributed by atoms with E-state index < -0.39 is 0 Å². The molecule has 12 heavy (non-hydrogen) atoms. The molecule has 0 saturated carbocycles. The Morgan fingerprint density at radius 2 is 1.75 bits per heavy atom. The van der Waals surface area contributed by atoms with Gasteiger partial charge in [0.2, 0.25) is 0 Å². The van der Waals surface area contributed by atoms with Gasteiger partial charge in [-0.05, 0) is 39.8 Å². The summed E-state index contributed by atoms with van der Waals surface area (Å²) in [6.07, 6.45) is 3.56. The zero-order chi connectivity index (χ0) is 9.20. The van der Waals surface area contributed by atoms with Crippen LogP contribution >= 0.6 is 0 Å². The molecule has 2 nitrogen and oxygen atoms in total. The molecule has 66 valence electrons. The van der Waals surface area contributed by atoms with Crippen LogP contribution < -0.4 is 0 Å². The van der Waals surface area contributed by atoms with Crippen molar-refractivity contribution in [3.63, 3.8) is 0 Å². The minimum Gasteiger partial charge on any atom is -0.358 e. The minimum atomic E-state index is -0.378. The second-order valence-electron chi connectivity index (χ2n) is 4.67. The van der Waals surface area contributed by atoms with Gasteiger partial charge in [-0.2, -0.15) is 0 Å². The van der Waals surface area contributed by atoms with Gasteiger partial charge in [0.1, 0.15) is 5.60 Å². The average molecular weight is 166 g/mol. The van der Waals surface area contributed by atoms with Gasteiger partial charge in [0.05, 0.1) is 11.0 Å².